The highest BCUT2D eigenvalue weighted by molar-refractivity contribution is 5.85. The van der Waals surface area contributed by atoms with Gasteiger partial charge in [0.1, 0.15) is 12.3 Å². The average molecular weight is 509 g/mol. The molecule has 0 amide bonds. The Balaban J connectivity index is 1.22. The Bertz CT molecular complexity index is 1170. The number of rotatable bonds is 6. The molecule has 8 atom stereocenters. The number of methoxy groups -OCH3 is 2. The predicted octanol–water partition coefficient (Wildman–Crippen LogP) is 5.65. The van der Waals surface area contributed by atoms with Crippen LogP contribution in [0.5, 0.6) is 5.75 Å². The summed E-state index contributed by atoms with van der Waals surface area (Å²) in [6, 6.07) is 5.93. The number of ketones is 1. The van der Waals surface area contributed by atoms with Gasteiger partial charge >= 0.3 is 0 Å². The summed E-state index contributed by atoms with van der Waals surface area (Å²) in [4.78, 5) is 13.8. The molecule has 0 saturated heterocycles. The predicted molar refractivity (Wildman–Crippen MR) is 143 cm³/mol. The van der Waals surface area contributed by atoms with Crippen molar-refractivity contribution >= 4 is 16.7 Å². The molecule has 1 heterocycles. The molecule has 4 fully saturated rings. The van der Waals surface area contributed by atoms with Crippen LogP contribution in [0.3, 0.4) is 0 Å². The number of carbonyl (C=O) groups is 1. The van der Waals surface area contributed by atoms with E-state index in [1.807, 2.05) is 43.1 Å². The van der Waals surface area contributed by atoms with Crippen LogP contribution < -0.4 is 4.74 Å². The number of carbonyl (C=O) groups excluding carboxylic acids is 1. The first-order chi connectivity index (χ1) is 17.7. The second-order valence-electron chi connectivity index (χ2n) is 13.4. The fraction of sp³-hybridized carbons (Fsp3) is 0.742. The van der Waals surface area contributed by atoms with Crippen LogP contribution in [0.25, 0.3) is 10.9 Å². The molecule has 0 radical (unpaired) electrons. The monoisotopic (exact) mass is 508 g/mol. The minimum atomic E-state index is -0.537. The summed E-state index contributed by atoms with van der Waals surface area (Å²) in [6.07, 6.45) is 11.6. The van der Waals surface area contributed by atoms with Crippen molar-refractivity contribution in [1.29, 1.82) is 0 Å². The van der Waals surface area contributed by atoms with E-state index in [1.54, 1.807) is 7.11 Å². The molecule has 4 aliphatic carbocycles. The maximum atomic E-state index is 13.8. The average Bonchev–Trinajstić information content (AvgIpc) is 3.44. The van der Waals surface area contributed by atoms with E-state index in [4.69, 9.17) is 9.47 Å². The van der Waals surface area contributed by atoms with E-state index in [2.05, 4.69) is 12.0 Å². The molecular weight excluding hydrogens is 464 g/mol. The third-order valence-corrected chi connectivity index (χ3v) is 11.6. The molecule has 1 aromatic carbocycles. The van der Waals surface area contributed by atoms with Gasteiger partial charge in [-0.15, -0.1) is 0 Å². The number of nitrogens with zero attached hydrogens (tertiary/aromatic N) is 2. The number of fused-ring (bicyclic) bond motifs is 6. The number of aliphatic hydroxyl groups is 1. The van der Waals surface area contributed by atoms with E-state index < -0.39 is 5.60 Å². The number of Topliss-reactive ketones (excluding diaryl/α,β-unsaturated/α-hetero) is 1. The molecule has 0 unspecified atom stereocenters. The van der Waals surface area contributed by atoms with Crippen LogP contribution in [0.4, 0.5) is 0 Å². The van der Waals surface area contributed by atoms with E-state index >= 15 is 0 Å². The highest BCUT2D eigenvalue weighted by Gasteiger charge is 2.63. The van der Waals surface area contributed by atoms with E-state index in [9.17, 15) is 9.90 Å². The lowest BCUT2D eigenvalue weighted by Crippen LogP contribution is -2.58. The highest BCUT2D eigenvalue weighted by Crippen LogP contribution is 2.68. The zero-order valence-corrected chi connectivity index (χ0v) is 23.0. The topological polar surface area (TPSA) is 73.6 Å². The molecule has 4 saturated carbocycles. The Morgan fingerprint density at radius 1 is 1.08 bits per heavy atom. The summed E-state index contributed by atoms with van der Waals surface area (Å²) >= 11 is 0. The minimum Gasteiger partial charge on any atom is -0.497 e. The standard InChI is InChI=1S/C31H44N2O4/c1-29(35)13-14-31(19-36-3)21(16-29)5-7-23-24-8-9-26(30(24,2)12-11-25(23)31)28(34)18-33-27-10-6-22(37-4)15-20(27)17-32-33/h6,10,15,17,21,23-26,35H,5,7-9,11-14,16,18-19H2,1-4H3/t21-,23-,24-,25-,26+,29+,30-,31+/m0/s1. The van der Waals surface area contributed by atoms with Crippen LogP contribution in [0.1, 0.15) is 71.6 Å². The largest absolute Gasteiger partial charge is 0.497 e. The van der Waals surface area contributed by atoms with Crippen LogP contribution >= 0.6 is 0 Å². The van der Waals surface area contributed by atoms with Crippen LogP contribution in [0.15, 0.2) is 24.4 Å². The van der Waals surface area contributed by atoms with Crippen LogP contribution in [-0.4, -0.2) is 47.1 Å². The summed E-state index contributed by atoms with van der Waals surface area (Å²) in [7, 11) is 3.52. The van der Waals surface area contributed by atoms with Gasteiger partial charge in [-0.2, -0.15) is 5.10 Å². The zero-order chi connectivity index (χ0) is 26.0. The van der Waals surface area contributed by atoms with Gasteiger partial charge in [-0.05, 0) is 117 Å². The van der Waals surface area contributed by atoms with Gasteiger partial charge in [-0.25, -0.2) is 0 Å². The number of hydrogen-bond donors (Lipinski definition) is 1. The number of benzene rings is 1. The van der Waals surface area contributed by atoms with Crippen LogP contribution in [0, 0.1) is 40.4 Å². The maximum Gasteiger partial charge on any atom is 0.157 e. The summed E-state index contributed by atoms with van der Waals surface area (Å²) in [6.45, 7) is 5.62. The normalized spacial score (nSPS) is 41.2. The Labute approximate surface area is 221 Å². The fourth-order valence-corrected chi connectivity index (χ4v) is 9.89. The lowest BCUT2D eigenvalue weighted by Gasteiger charge is -2.62. The molecule has 6 heteroatoms. The van der Waals surface area contributed by atoms with Gasteiger partial charge in [0.25, 0.3) is 0 Å². The molecule has 4 aliphatic rings. The van der Waals surface area contributed by atoms with Gasteiger partial charge in [-0.1, -0.05) is 6.92 Å². The second-order valence-corrected chi connectivity index (χ2v) is 13.4. The van der Waals surface area contributed by atoms with Crippen molar-refractivity contribution < 1.29 is 19.4 Å². The third-order valence-electron chi connectivity index (χ3n) is 11.6. The number of ether oxygens (including phenoxy) is 2. The molecule has 37 heavy (non-hydrogen) atoms. The number of aromatic nitrogens is 2. The molecule has 0 aliphatic heterocycles. The second kappa shape index (κ2) is 9.08. The Hall–Kier alpha value is -1.92. The minimum absolute atomic E-state index is 0.0751. The van der Waals surface area contributed by atoms with Crippen molar-refractivity contribution in [2.45, 2.75) is 83.8 Å². The molecule has 2 aromatic rings. The van der Waals surface area contributed by atoms with Crippen molar-refractivity contribution in [2.75, 3.05) is 20.8 Å². The zero-order valence-electron chi connectivity index (χ0n) is 23.0. The molecule has 6 rings (SSSR count). The molecule has 202 valence electrons. The molecule has 1 aromatic heterocycles. The highest BCUT2D eigenvalue weighted by atomic mass is 16.5. The van der Waals surface area contributed by atoms with Crippen molar-refractivity contribution in [3.8, 4) is 5.75 Å². The molecule has 1 N–H and O–H groups in total. The number of hydrogen-bond acceptors (Lipinski definition) is 5. The van der Waals surface area contributed by atoms with Crippen molar-refractivity contribution in [3.63, 3.8) is 0 Å². The van der Waals surface area contributed by atoms with Gasteiger partial charge in [0.05, 0.1) is 31.0 Å². The summed E-state index contributed by atoms with van der Waals surface area (Å²) in [5, 5.41) is 16.5. The van der Waals surface area contributed by atoms with Gasteiger partial charge in [0.2, 0.25) is 0 Å². The van der Waals surface area contributed by atoms with Crippen LogP contribution in [0.2, 0.25) is 0 Å². The Morgan fingerprint density at radius 3 is 2.70 bits per heavy atom. The first kappa shape index (κ1) is 25.4. The van der Waals surface area contributed by atoms with Gasteiger partial charge in [0, 0.05) is 18.4 Å². The van der Waals surface area contributed by atoms with Gasteiger partial charge in [0.15, 0.2) is 5.78 Å². The third kappa shape index (κ3) is 3.96. The van der Waals surface area contributed by atoms with Crippen molar-refractivity contribution in [3.05, 3.63) is 24.4 Å². The summed E-state index contributed by atoms with van der Waals surface area (Å²) < 4.78 is 13.1. The first-order valence-corrected chi connectivity index (χ1v) is 14.4. The van der Waals surface area contributed by atoms with E-state index in [0.29, 0.717) is 36.0 Å². The SMILES string of the molecule is COC[C@]12CC[C@@](C)(O)C[C@@H]1CC[C@H]1[C@@H]3CC[C@H](C(=O)Cn4ncc5cc(OC)ccc54)[C@@]3(C)CC[C@@H]12. The summed E-state index contributed by atoms with van der Waals surface area (Å²) in [5.74, 6) is 3.74. The van der Waals surface area contributed by atoms with Crippen molar-refractivity contribution in [2.24, 2.45) is 40.4 Å². The lowest BCUT2D eigenvalue weighted by molar-refractivity contribution is -0.175. The van der Waals surface area contributed by atoms with Gasteiger partial charge in [-0.3, -0.25) is 9.48 Å². The maximum absolute atomic E-state index is 13.8. The Kier molecular flexibility index (Phi) is 6.23. The van der Waals surface area contributed by atoms with E-state index in [-0.39, 0.29) is 16.7 Å². The lowest BCUT2D eigenvalue weighted by atomic mass is 9.43. The van der Waals surface area contributed by atoms with Crippen LogP contribution in [-0.2, 0) is 16.1 Å². The van der Waals surface area contributed by atoms with E-state index in [0.717, 1.165) is 61.8 Å². The molecule has 6 nitrogen and oxygen atoms in total. The fourth-order valence-electron chi connectivity index (χ4n) is 9.89. The van der Waals surface area contributed by atoms with Gasteiger partial charge < -0.3 is 14.6 Å². The molecule has 0 bridgehead atoms. The first-order valence-electron chi connectivity index (χ1n) is 14.4. The molecular formula is C31H44N2O4. The Morgan fingerprint density at radius 2 is 1.92 bits per heavy atom. The van der Waals surface area contributed by atoms with E-state index in [1.165, 1.54) is 19.3 Å². The summed E-state index contributed by atoms with van der Waals surface area (Å²) in [5.41, 5.74) is 0.722. The van der Waals surface area contributed by atoms with Crippen molar-refractivity contribution in [1.82, 2.24) is 9.78 Å². The smallest absolute Gasteiger partial charge is 0.157 e. The molecule has 0 spiro atoms. The quantitative estimate of drug-likeness (QED) is 0.546.